The highest BCUT2D eigenvalue weighted by molar-refractivity contribution is 5.43. The molecule has 0 saturated carbocycles. The van der Waals surface area contributed by atoms with Gasteiger partial charge in [0.2, 0.25) is 0 Å². The van der Waals surface area contributed by atoms with Crippen LogP contribution in [0.2, 0.25) is 0 Å². The zero-order valence-electron chi connectivity index (χ0n) is 11.8. The molecule has 0 bridgehead atoms. The Morgan fingerprint density at radius 2 is 1.58 bits per heavy atom. The van der Waals surface area contributed by atoms with Gasteiger partial charge in [-0.15, -0.1) is 0 Å². The minimum atomic E-state index is 0.780. The van der Waals surface area contributed by atoms with Crippen LogP contribution in [-0.2, 0) is 12.8 Å². The highest BCUT2D eigenvalue weighted by Crippen LogP contribution is 2.28. The van der Waals surface area contributed by atoms with E-state index in [0.717, 1.165) is 24.3 Å². The summed E-state index contributed by atoms with van der Waals surface area (Å²) in [6.07, 6.45) is 2.05. The van der Waals surface area contributed by atoms with Gasteiger partial charge in [0.25, 0.3) is 0 Å². The Bertz CT molecular complexity index is 547. The van der Waals surface area contributed by atoms with E-state index in [1.165, 1.54) is 16.7 Å². The first-order valence-electron chi connectivity index (χ1n) is 6.50. The Kier molecular flexibility index (Phi) is 4.45. The number of ether oxygens (including phenoxy) is 2. The smallest absolute Gasteiger partial charge is 0.160 e. The van der Waals surface area contributed by atoms with Crippen molar-refractivity contribution in [2.45, 2.75) is 19.8 Å². The van der Waals surface area contributed by atoms with Crippen molar-refractivity contribution in [1.82, 2.24) is 0 Å². The average Bonchev–Trinajstić information content (AvgIpc) is 2.46. The van der Waals surface area contributed by atoms with Gasteiger partial charge < -0.3 is 9.47 Å². The first-order valence-corrected chi connectivity index (χ1v) is 6.50. The molecule has 0 saturated heterocycles. The van der Waals surface area contributed by atoms with Gasteiger partial charge in [-0.3, -0.25) is 0 Å². The molecule has 0 heterocycles. The SMILES string of the molecule is COc1ccc(CCc2ccccc2C)cc1OC. The summed E-state index contributed by atoms with van der Waals surface area (Å²) in [6, 6.07) is 14.6. The average molecular weight is 256 g/mol. The molecule has 2 aromatic carbocycles. The van der Waals surface area contributed by atoms with Gasteiger partial charge in [-0.25, -0.2) is 0 Å². The zero-order valence-corrected chi connectivity index (χ0v) is 11.8. The molecular weight excluding hydrogens is 236 g/mol. The predicted molar refractivity (Wildman–Crippen MR) is 78.1 cm³/mol. The third-order valence-corrected chi connectivity index (χ3v) is 3.39. The van der Waals surface area contributed by atoms with E-state index < -0.39 is 0 Å². The van der Waals surface area contributed by atoms with Crippen LogP contribution in [0.15, 0.2) is 42.5 Å². The Morgan fingerprint density at radius 3 is 2.26 bits per heavy atom. The van der Waals surface area contributed by atoms with Crippen LogP contribution in [0, 0.1) is 6.92 Å². The molecule has 2 nitrogen and oxygen atoms in total. The third kappa shape index (κ3) is 3.28. The highest BCUT2D eigenvalue weighted by Gasteiger charge is 2.05. The van der Waals surface area contributed by atoms with Crippen LogP contribution in [0.1, 0.15) is 16.7 Å². The van der Waals surface area contributed by atoms with Gasteiger partial charge in [0.05, 0.1) is 14.2 Å². The molecule has 0 aliphatic heterocycles. The van der Waals surface area contributed by atoms with E-state index in [2.05, 4.69) is 43.3 Å². The maximum atomic E-state index is 5.33. The molecule has 0 unspecified atom stereocenters. The van der Waals surface area contributed by atoms with E-state index in [9.17, 15) is 0 Å². The molecule has 0 amide bonds. The van der Waals surface area contributed by atoms with Crippen LogP contribution >= 0.6 is 0 Å². The molecule has 0 aliphatic rings. The summed E-state index contributed by atoms with van der Waals surface area (Å²) in [5.74, 6) is 1.58. The van der Waals surface area contributed by atoms with Crippen LogP contribution in [-0.4, -0.2) is 14.2 Å². The van der Waals surface area contributed by atoms with Crippen molar-refractivity contribution in [2.24, 2.45) is 0 Å². The van der Waals surface area contributed by atoms with Gasteiger partial charge in [0, 0.05) is 0 Å². The standard InChI is InChI=1S/C17H20O2/c1-13-6-4-5-7-15(13)10-8-14-9-11-16(18-2)17(12-14)19-3/h4-7,9,11-12H,8,10H2,1-3H3. The number of aryl methyl sites for hydroxylation is 3. The lowest BCUT2D eigenvalue weighted by molar-refractivity contribution is 0.354. The van der Waals surface area contributed by atoms with Crippen molar-refractivity contribution in [3.8, 4) is 11.5 Å². The van der Waals surface area contributed by atoms with Crippen LogP contribution in [0.3, 0.4) is 0 Å². The Hall–Kier alpha value is -1.96. The summed E-state index contributed by atoms with van der Waals surface area (Å²) < 4.78 is 10.6. The van der Waals surface area contributed by atoms with E-state index >= 15 is 0 Å². The van der Waals surface area contributed by atoms with Crippen molar-refractivity contribution in [1.29, 1.82) is 0 Å². The number of methoxy groups -OCH3 is 2. The lowest BCUT2D eigenvalue weighted by Gasteiger charge is -2.10. The van der Waals surface area contributed by atoms with Crippen LogP contribution < -0.4 is 9.47 Å². The van der Waals surface area contributed by atoms with Crippen molar-refractivity contribution in [3.63, 3.8) is 0 Å². The molecule has 2 aromatic rings. The third-order valence-electron chi connectivity index (χ3n) is 3.39. The zero-order chi connectivity index (χ0) is 13.7. The monoisotopic (exact) mass is 256 g/mol. The van der Waals surface area contributed by atoms with E-state index in [1.807, 2.05) is 6.07 Å². The van der Waals surface area contributed by atoms with Gasteiger partial charge in [-0.1, -0.05) is 30.3 Å². The van der Waals surface area contributed by atoms with E-state index in [0.29, 0.717) is 0 Å². The number of rotatable bonds is 5. The van der Waals surface area contributed by atoms with E-state index in [4.69, 9.17) is 9.47 Å². The quantitative estimate of drug-likeness (QED) is 0.810. The van der Waals surface area contributed by atoms with Crippen molar-refractivity contribution in [2.75, 3.05) is 14.2 Å². The largest absolute Gasteiger partial charge is 0.493 e. The summed E-state index contributed by atoms with van der Waals surface area (Å²) in [7, 11) is 3.33. The summed E-state index contributed by atoms with van der Waals surface area (Å²) in [5.41, 5.74) is 4.01. The second kappa shape index (κ2) is 6.28. The second-order valence-electron chi connectivity index (χ2n) is 4.62. The van der Waals surface area contributed by atoms with Gasteiger partial charge in [-0.2, -0.15) is 0 Å². The highest BCUT2D eigenvalue weighted by atomic mass is 16.5. The molecular formula is C17H20O2. The maximum absolute atomic E-state index is 5.33. The van der Waals surface area contributed by atoms with Crippen LogP contribution in [0.25, 0.3) is 0 Å². The maximum Gasteiger partial charge on any atom is 0.160 e. The first-order chi connectivity index (χ1) is 9.24. The Labute approximate surface area is 115 Å². The van der Waals surface area contributed by atoms with Crippen molar-refractivity contribution >= 4 is 0 Å². The summed E-state index contributed by atoms with van der Waals surface area (Å²) in [4.78, 5) is 0. The second-order valence-corrected chi connectivity index (χ2v) is 4.62. The molecule has 19 heavy (non-hydrogen) atoms. The lowest BCUT2D eigenvalue weighted by atomic mass is 10.0. The molecule has 100 valence electrons. The molecule has 0 fully saturated rings. The molecule has 0 N–H and O–H groups in total. The van der Waals surface area contributed by atoms with Crippen molar-refractivity contribution in [3.05, 3.63) is 59.2 Å². The molecule has 0 spiro atoms. The summed E-state index contributed by atoms with van der Waals surface area (Å²) in [5, 5.41) is 0. The molecule has 2 heteroatoms. The Balaban J connectivity index is 2.10. The van der Waals surface area contributed by atoms with E-state index in [1.54, 1.807) is 14.2 Å². The molecule has 2 rings (SSSR count). The number of hydrogen-bond donors (Lipinski definition) is 0. The molecule has 0 atom stereocenters. The van der Waals surface area contributed by atoms with Gasteiger partial charge in [0.1, 0.15) is 0 Å². The number of benzene rings is 2. The molecule has 0 aliphatic carbocycles. The van der Waals surface area contributed by atoms with Crippen LogP contribution in [0.5, 0.6) is 11.5 Å². The topological polar surface area (TPSA) is 18.5 Å². The first kappa shape index (κ1) is 13.5. The van der Waals surface area contributed by atoms with Crippen LogP contribution in [0.4, 0.5) is 0 Å². The van der Waals surface area contributed by atoms with Crippen molar-refractivity contribution < 1.29 is 9.47 Å². The fourth-order valence-electron chi connectivity index (χ4n) is 2.21. The Morgan fingerprint density at radius 1 is 0.842 bits per heavy atom. The summed E-state index contributed by atoms with van der Waals surface area (Å²) >= 11 is 0. The summed E-state index contributed by atoms with van der Waals surface area (Å²) in [6.45, 7) is 2.16. The fraction of sp³-hybridized carbons (Fsp3) is 0.294. The van der Waals surface area contributed by atoms with Gasteiger partial charge in [-0.05, 0) is 48.6 Å². The lowest BCUT2D eigenvalue weighted by Crippen LogP contribution is -1.96. The van der Waals surface area contributed by atoms with E-state index in [-0.39, 0.29) is 0 Å². The van der Waals surface area contributed by atoms with Gasteiger partial charge in [0.15, 0.2) is 11.5 Å². The minimum absolute atomic E-state index is 0.780. The van der Waals surface area contributed by atoms with Gasteiger partial charge >= 0.3 is 0 Å². The predicted octanol–water partition coefficient (Wildman–Crippen LogP) is 3.80. The normalized spacial score (nSPS) is 10.3. The fourth-order valence-corrected chi connectivity index (χ4v) is 2.21. The minimum Gasteiger partial charge on any atom is -0.493 e. The molecule has 0 aromatic heterocycles. The molecule has 0 radical (unpaired) electrons. The number of hydrogen-bond acceptors (Lipinski definition) is 2.